The van der Waals surface area contributed by atoms with Crippen LogP contribution in [0.25, 0.3) is 0 Å². The monoisotopic (exact) mass is 329 g/mol. The van der Waals surface area contributed by atoms with Crippen LogP contribution in [0.15, 0.2) is 48.5 Å². The first-order valence-corrected chi connectivity index (χ1v) is 9.84. The van der Waals surface area contributed by atoms with Crippen LogP contribution in [0.5, 0.6) is 0 Å². The Morgan fingerprint density at radius 2 is 1.70 bits per heavy atom. The maximum Gasteiger partial charge on any atom is 0.216 e. The van der Waals surface area contributed by atoms with Gasteiger partial charge in [0.05, 0.1) is 5.75 Å². The highest BCUT2D eigenvalue weighted by Crippen LogP contribution is 2.25. The largest absolute Gasteiger partial charge is 0.216 e. The smallest absolute Gasteiger partial charge is 0.212 e. The third-order valence-electron chi connectivity index (χ3n) is 4.43. The molecule has 1 aliphatic carbocycles. The lowest BCUT2D eigenvalue weighted by Gasteiger charge is -2.20. The van der Waals surface area contributed by atoms with E-state index in [0.717, 1.165) is 24.0 Å². The zero-order valence-corrected chi connectivity index (χ0v) is 14.3. The number of hydrogen-bond donors (Lipinski definition) is 1. The Balaban J connectivity index is 1.72. The van der Waals surface area contributed by atoms with Crippen molar-refractivity contribution in [1.29, 1.82) is 0 Å². The molecule has 0 spiro atoms. The van der Waals surface area contributed by atoms with Gasteiger partial charge in [0.25, 0.3) is 0 Å². The third-order valence-corrected chi connectivity index (χ3v) is 5.85. The second-order valence-corrected chi connectivity index (χ2v) is 8.07. The van der Waals surface area contributed by atoms with E-state index in [-0.39, 0.29) is 11.8 Å². The number of sulfonamides is 1. The molecule has 1 aliphatic rings. The van der Waals surface area contributed by atoms with Crippen molar-refractivity contribution < 1.29 is 8.42 Å². The van der Waals surface area contributed by atoms with E-state index in [1.807, 2.05) is 37.3 Å². The summed E-state index contributed by atoms with van der Waals surface area (Å²) in [6, 6.07) is 15.5. The highest BCUT2D eigenvalue weighted by atomic mass is 32.2. The van der Waals surface area contributed by atoms with Gasteiger partial charge in [-0.3, -0.25) is 0 Å². The molecule has 4 heteroatoms. The Hall–Kier alpha value is -1.65. The van der Waals surface area contributed by atoms with Crippen LogP contribution in [-0.4, -0.2) is 8.42 Å². The quantitative estimate of drug-likeness (QED) is 0.908. The van der Waals surface area contributed by atoms with Crippen LogP contribution < -0.4 is 4.72 Å². The average molecular weight is 329 g/mol. The number of hydrogen-bond acceptors (Lipinski definition) is 2. The topological polar surface area (TPSA) is 46.2 Å². The number of aryl methyl sites for hydroxylation is 2. The lowest BCUT2D eigenvalue weighted by molar-refractivity contribution is 0.565. The standard InChI is InChI=1S/C19H23NO2S/c1-15(18-12-11-17-9-5-6-10-19(17)13-18)20-23(21,22)14-16-7-3-2-4-8-16/h2-4,7-8,11-13,15,20H,5-6,9-10,14H2,1H3/t15-/m1/s1. The zero-order chi connectivity index (χ0) is 16.3. The predicted molar refractivity (Wildman–Crippen MR) is 93.7 cm³/mol. The summed E-state index contributed by atoms with van der Waals surface area (Å²) in [4.78, 5) is 0. The summed E-state index contributed by atoms with van der Waals surface area (Å²) in [7, 11) is -3.35. The molecule has 0 saturated carbocycles. The molecule has 0 saturated heterocycles. The second kappa shape index (κ2) is 6.85. The molecule has 2 aromatic rings. The van der Waals surface area contributed by atoms with Gasteiger partial charge in [0.1, 0.15) is 0 Å². The van der Waals surface area contributed by atoms with Gasteiger partial charge in [-0.25, -0.2) is 13.1 Å². The SMILES string of the molecule is C[C@@H](NS(=O)(=O)Cc1ccccc1)c1ccc2c(c1)CCCC2. The Labute approximate surface area is 138 Å². The summed E-state index contributed by atoms with van der Waals surface area (Å²) in [6.45, 7) is 1.91. The molecule has 2 aromatic carbocycles. The number of rotatable bonds is 5. The van der Waals surface area contributed by atoms with Crippen molar-refractivity contribution in [2.75, 3.05) is 0 Å². The van der Waals surface area contributed by atoms with Crippen LogP contribution in [0.2, 0.25) is 0 Å². The van der Waals surface area contributed by atoms with Crippen LogP contribution in [0.1, 0.15) is 48.1 Å². The molecular weight excluding hydrogens is 306 g/mol. The zero-order valence-electron chi connectivity index (χ0n) is 13.5. The molecule has 3 nitrogen and oxygen atoms in total. The minimum Gasteiger partial charge on any atom is -0.212 e. The molecule has 0 bridgehead atoms. The molecule has 23 heavy (non-hydrogen) atoms. The van der Waals surface area contributed by atoms with E-state index in [4.69, 9.17) is 0 Å². The summed E-state index contributed by atoms with van der Waals surface area (Å²) in [6.07, 6.45) is 4.73. The Bertz CT molecular complexity index is 769. The molecule has 0 aromatic heterocycles. The first-order valence-electron chi connectivity index (χ1n) is 8.19. The molecule has 0 fully saturated rings. The van der Waals surface area contributed by atoms with Crippen LogP contribution in [0, 0.1) is 0 Å². The minimum atomic E-state index is -3.35. The molecule has 1 atom stereocenters. The molecule has 0 heterocycles. The summed E-state index contributed by atoms with van der Waals surface area (Å²) < 4.78 is 27.5. The fourth-order valence-corrected chi connectivity index (χ4v) is 4.58. The van der Waals surface area contributed by atoms with Gasteiger partial charge in [-0.1, -0.05) is 48.5 Å². The van der Waals surface area contributed by atoms with Crippen molar-refractivity contribution in [3.8, 4) is 0 Å². The van der Waals surface area contributed by atoms with Gasteiger partial charge in [-0.05, 0) is 54.9 Å². The van der Waals surface area contributed by atoms with E-state index in [0.29, 0.717) is 0 Å². The molecule has 0 amide bonds. The summed E-state index contributed by atoms with van der Waals surface area (Å²) >= 11 is 0. The fourth-order valence-electron chi connectivity index (χ4n) is 3.20. The molecular formula is C19H23NO2S. The molecule has 0 aliphatic heterocycles. The Kier molecular flexibility index (Phi) is 4.83. The average Bonchev–Trinajstić information content (AvgIpc) is 2.54. The summed E-state index contributed by atoms with van der Waals surface area (Å²) in [5.41, 5.74) is 4.64. The van der Waals surface area contributed by atoms with E-state index >= 15 is 0 Å². The van der Waals surface area contributed by atoms with Crippen LogP contribution in [-0.2, 0) is 28.6 Å². The predicted octanol–water partition coefficient (Wildman–Crippen LogP) is 3.75. The van der Waals surface area contributed by atoms with Gasteiger partial charge in [0.15, 0.2) is 0 Å². The van der Waals surface area contributed by atoms with Crippen molar-refractivity contribution in [1.82, 2.24) is 4.72 Å². The Morgan fingerprint density at radius 3 is 2.43 bits per heavy atom. The van der Waals surface area contributed by atoms with Crippen molar-refractivity contribution in [2.24, 2.45) is 0 Å². The number of benzene rings is 2. The van der Waals surface area contributed by atoms with Gasteiger partial charge in [0, 0.05) is 6.04 Å². The molecule has 3 rings (SSSR count). The van der Waals surface area contributed by atoms with Gasteiger partial charge in [0.2, 0.25) is 10.0 Å². The van der Waals surface area contributed by atoms with Crippen LogP contribution in [0.4, 0.5) is 0 Å². The second-order valence-electron chi connectivity index (χ2n) is 6.32. The highest BCUT2D eigenvalue weighted by Gasteiger charge is 2.18. The Morgan fingerprint density at radius 1 is 1.00 bits per heavy atom. The minimum absolute atomic E-state index is 0.0170. The maximum atomic E-state index is 12.4. The van der Waals surface area contributed by atoms with Gasteiger partial charge >= 0.3 is 0 Å². The fraction of sp³-hybridized carbons (Fsp3) is 0.368. The summed E-state index contributed by atoms with van der Waals surface area (Å²) in [5, 5.41) is 0. The lowest BCUT2D eigenvalue weighted by Crippen LogP contribution is -2.28. The van der Waals surface area contributed by atoms with Crippen LogP contribution >= 0.6 is 0 Å². The van der Waals surface area contributed by atoms with E-state index in [2.05, 4.69) is 22.9 Å². The van der Waals surface area contributed by atoms with Gasteiger partial charge in [-0.15, -0.1) is 0 Å². The van der Waals surface area contributed by atoms with E-state index < -0.39 is 10.0 Å². The van der Waals surface area contributed by atoms with E-state index in [1.165, 1.54) is 24.0 Å². The van der Waals surface area contributed by atoms with Crippen molar-refractivity contribution in [3.63, 3.8) is 0 Å². The molecule has 122 valence electrons. The summed E-state index contributed by atoms with van der Waals surface area (Å²) in [5.74, 6) is 0.0170. The van der Waals surface area contributed by atoms with E-state index in [9.17, 15) is 8.42 Å². The van der Waals surface area contributed by atoms with Crippen molar-refractivity contribution in [2.45, 2.75) is 44.4 Å². The first-order chi connectivity index (χ1) is 11.0. The van der Waals surface area contributed by atoms with Crippen molar-refractivity contribution in [3.05, 3.63) is 70.8 Å². The molecule has 0 unspecified atom stereocenters. The number of nitrogens with one attached hydrogen (secondary N) is 1. The number of fused-ring (bicyclic) bond motifs is 1. The van der Waals surface area contributed by atoms with Crippen LogP contribution in [0.3, 0.4) is 0 Å². The van der Waals surface area contributed by atoms with Crippen molar-refractivity contribution >= 4 is 10.0 Å². The normalized spacial score (nSPS) is 15.9. The molecule has 1 N–H and O–H groups in total. The molecule has 0 radical (unpaired) electrons. The lowest BCUT2D eigenvalue weighted by atomic mass is 9.89. The van der Waals surface area contributed by atoms with Gasteiger partial charge in [-0.2, -0.15) is 0 Å². The first kappa shape index (κ1) is 16.2. The highest BCUT2D eigenvalue weighted by molar-refractivity contribution is 7.88. The third kappa shape index (κ3) is 4.21. The van der Waals surface area contributed by atoms with E-state index in [1.54, 1.807) is 0 Å². The maximum absolute atomic E-state index is 12.4. The van der Waals surface area contributed by atoms with Gasteiger partial charge < -0.3 is 0 Å².